The number of anilines is 1. The Labute approximate surface area is 133 Å². The van der Waals surface area contributed by atoms with E-state index in [9.17, 15) is 13.2 Å². The molecular weight excluding hydrogens is 324 g/mol. The summed E-state index contributed by atoms with van der Waals surface area (Å²) in [5.41, 5.74) is 7.61. The van der Waals surface area contributed by atoms with Crippen molar-refractivity contribution in [2.45, 2.75) is 36.0 Å². The monoisotopic (exact) mass is 342 g/mol. The maximum atomic E-state index is 12.0. The van der Waals surface area contributed by atoms with Crippen molar-refractivity contribution < 1.29 is 13.2 Å². The lowest BCUT2D eigenvalue weighted by Gasteiger charge is -2.33. The highest BCUT2D eigenvalue weighted by atomic mass is 32.2. The summed E-state index contributed by atoms with van der Waals surface area (Å²) < 4.78 is 23.0. The van der Waals surface area contributed by atoms with Gasteiger partial charge in [-0.05, 0) is 31.0 Å². The van der Waals surface area contributed by atoms with Gasteiger partial charge in [-0.25, -0.2) is 18.6 Å². The summed E-state index contributed by atoms with van der Waals surface area (Å²) in [6, 6.07) is 6.01. The van der Waals surface area contributed by atoms with Gasteiger partial charge < -0.3 is 5.73 Å². The number of nitrogens with two attached hydrogens (primary N) is 2. The molecular formula is C13H18N4O3S2. The average molecular weight is 342 g/mol. The number of hydrogen-bond acceptors (Lipinski definition) is 6. The molecule has 0 saturated carbocycles. The zero-order chi connectivity index (χ0) is 16.4. The summed E-state index contributed by atoms with van der Waals surface area (Å²) in [7, 11) is -3.83. The van der Waals surface area contributed by atoms with Gasteiger partial charge in [-0.15, -0.1) is 0 Å². The second-order valence-corrected chi connectivity index (χ2v) is 7.63. The lowest BCUT2D eigenvalue weighted by Crippen LogP contribution is -2.51. The molecule has 1 heterocycles. The number of sulfonamides is 1. The van der Waals surface area contributed by atoms with Crippen molar-refractivity contribution in [3.05, 3.63) is 24.3 Å². The first-order valence-electron chi connectivity index (χ1n) is 6.74. The largest absolute Gasteiger partial charge is 0.367 e. The van der Waals surface area contributed by atoms with Gasteiger partial charge in [0, 0.05) is 0 Å². The third-order valence-electron chi connectivity index (χ3n) is 3.40. The Kier molecular flexibility index (Phi) is 4.78. The molecule has 0 fully saturated rings. The third-order valence-corrected chi connectivity index (χ3v) is 5.48. The normalized spacial score (nSPS) is 21.3. The molecule has 22 heavy (non-hydrogen) atoms. The van der Waals surface area contributed by atoms with Gasteiger partial charge in [0.1, 0.15) is 0 Å². The first-order chi connectivity index (χ1) is 10.3. The van der Waals surface area contributed by atoms with E-state index in [-0.39, 0.29) is 4.90 Å². The van der Waals surface area contributed by atoms with E-state index in [0.29, 0.717) is 12.1 Å². The molecule has 120 valence electrons. The second kappa shape index (κ2) is 6.27. The molecule has 4 N–H and O–H groups in total. The molecule has 1 aromatic carbocycles. The van der Waals surface area contributed by atoms with Crippen molar-refractivity contribution in [1.82, 2.24) is 0 Å². The standard InChI is InChI=1S/C13H18N4O3S2/c1-2-3-7-13(12(14)18)17(16-9-21-13)10-5-4-6-11(8-10)22(15,19)20/h4-6,8-9H,2-3,7H2,1H3,(H2,14,18)(H2,15,19,20). The Morgan fingerprint density at radius 1 is 1.45 bits per heavy atom. The first-order valence-corrected chi connectivity index (χ1v) is 9.17. The molecule has 1 aliphatic heterocycles. The minimum absolute atomic E-state index is 0.0361. The fourth-order valence-electron chi connectivity index (χ4n) is 2.24. The molecule has 0 saturated heterocycles. The molecule has 0 aromatic heterocycles. The minimum atomic E-state index is -3.83. The lowest BCUT2D eigenvalue weighted by atomic mass is 10.1. The quantitative estimate of drug-likeness (QED) is 0.805. The molecule has 1 unspecified atom stereocenters. The van der Waals surface area contributed by atoms with Crippen LogP contribution < -0.4 is 15.9 Å². The second-order valence-electron chi connectivity index (χ2n) is 4.95. The Morgan fingerprint density at radius 2 is 2.18 bits per heavy atom. The molecule has 2 rings (SSSR count). The zero-order valence-corrected chi connectivity index (χ0v) is 13.7. The highest BCUT2D eigenvalue weighted by Crippen LogP contribution is 2.41. The van der Waals surface area contributed by atoms with Crippen LogP contribution in [-0.2, 0) is 14.8 Å². The summed E-state index contributed by atoms with van der Waals surface area (Å²) in [5.74, 6) is -0.510. The number of primary sulfonamides is 1. The Bertz CT molecular complexity index is 705. The van der Waals surface area contributed by atoms with E-state index in [1.165, 1.54) is 28.9 Å². The van der Waals surface area contributed by atoms with Gasteiger partial charge >= 0.3 is 0 Å². The van der Waals surface area contributed by atoms with Crippen LogP contribution in [0.5, 0.6) is 0 Å². The minimum Gasteiger partial charge on any atom is -0.367 e. The van der Waals surface area contributed by atoms with Gasteiger partial charge in [0.2, 0.25) is 10.0 Å². The SMILES string of the molecule is CCCCC1(C(N)=O)SC=NN1c1cccc(S(N)(=O)=O)c1. The average Bonchev–Trinajstić information content (AvgIpc) is 2.89. The smallest absolute Gasteiger partial charge is 0.256 e. The molecule has 1 atom stereocenters. The number of rotatable bonds is 6. The molecule has 1 aromatic rings. The molecule has 9 heteroatoms. The van der Waals surface area contributed by atoms with Gasteiger partial charge in [0.25, 0.3) is 5.91 Å². The van der Waals surface area contributed by atoms with E-state index in [0.717, 1.165) is 12.8 Å². The van der Waals surface area contributed by atoms with Crippen LogP contribution >= 0.6 is 11.8 Å². The fraction of sp³-hybridized carbons (Fsp3) is 0.385. The number of unbranched alkanes of at least 4 members (excludes halogenated alkanes) is 1. The van der Waals surface area contributed by atoms with Gasteiger partial charge in [-0.3, -0.25) is 4.79 Å². The Balaban J connectivity index is 2.45. The summed E-state index contributed by atoms with van der Waals surface area (Å²) in [5, 5.41) is 10.8. The van der Waals surface area contributed by atoms with E-state index in [1.54, 1.807) is 17.7 Å². The van der Waals surface area contributed by atoms with Crippen molar-refractivity contribution in [3.63, 3.8) is 0 Å². The van der Waals surface area contributed by atoms with Crippen LogP contribution in [0.25, 0.3) is 0 Å². The molecule has 0 bridgehead atoms. The van der Waals surface area contributed by atoms with E-state index in [1.807, 2.05) is 6.92 Å². The van der Waals surface area contributed by atoms with E-state index in [2.05, 4.69) is 5.10 Å². The summed E-state index contributed by atoms with van der Waals surface area (Å²) >= 11 is 1.23. The van der Waals surface area contributed by atoms with Crippen molar-refractivity contribution in [2.24, 2.45) is 16.0 Å². The number of primary amides is 1. The Hall–Kier alpha value is -1.58. The number of carbonyl (C=O) groups is 1. The van der Waals surface area contributed by atoms with Crippen LogP contribution in [0.4, 0.5) is 5.69 Å². The van der Waals surface area contributed by atoms with Gasteiger partial charge in [0.15, 0.2) is 4.87 Å². The summed E-state index contributed by atoms with van der Waals surface area (Å²) in [6.07, 6.45) is 2.22. The predicted octanol–water partition coefficient (Wildman–Crippen LogP) is 1.20. The Morgan fingerprint density at radius 3 is 2.77 bits per heavy atom. The van der Waals surface area contributed by atoms with Crippen LogP contribution in [-0.4, -0.2) is 24.7 Å². The first kappa shape index (κ1) is 16.8. The van der Waals surface area contributed by atoms with E-state index in [4.69, 9.17) is 10.9 Å². The van der Waals surface area contributed by atoms with Gasteiger partial charge in [-0.1, -0.05) is 31.2 Å². The maximum absolute atomic E-state index is 12.0. The number of thioether (sulfide) groups is 1. The highest BCUT2D eigenvalue weighted by molar-refractivity contribution is 8.14. The van der Waals surface area contributed by atoms with Crippen molar-refractivity contribution in [3.8, 4) is 0 Å². The van der Waals surface area contributed by atoms with Crippen molar-refractivity contribution in [2.75, 3.05) is 5.01 Å². The van der Waals surface area contributed by atoms with Crippen LogP contribution in [0.3, 0.4) is 0 Å². The van der Waals surface area contributed by atoms with Crippen LogP contribution in [0, 0.1) is 0 Å². The summed E-state index contributed by atoms with van der Waals surface area (Å²) in [4.78, 5) is 11.0. The van der Waals surface area contributed by atoms with Crippen molar-refractivity contribution in [1.29, 1.82) is 0 Å². The topological polar surface area (TPSA) is 119 Å². The number of benzene rings is 1. The predicted molar refractivity (Wildman–Crippen MR) is 87.8 cm³/mol. The van der Waals surface area contributed by atoms with Crippen LogP contribution in [0.1, 0.15) is 26.2 Å². The zero-order valence-electron chi connectivity index (χ0n) is 12.1. The van der Waals surface area contributed by atoms with Gasteiger partial charge in [-0.2, -0.15) is 5.10 Å². The highest BCUT2D eigenvalue weighted by Gasteiger charge is 2.46. The fourth-order valence-corrected chi connectivity index (χ4v) is 3.74. The number of hydrazone groups is 1. The maximum Gasteiger partial charge on any atom is 0.256 e. The summed E-state index contributed by atoms with van der Waals surface area (Å²) in [6.45, 7) is 2.02. The van der Waals surface area contributed by atoms with Crippen molar-refractivity contribution >= 4 is 38.9 Å². The molecule has 1 amide bonds. The molecule has 0 radical (unpaired) electrons. The lowest BCUT2D eigenvalue weighted by molar-refractivity contribution is -0.120. The number of nitrogens with zero attached hydrogens (tertiary/aromatic N) is 2. The van der Waals surface area contributed by atoms with Crippen LogP contribution in [0.15, 0.2) is 34.3 Å². The molecule has 0 aliphatic carbocycles. The molecule has 0 spiro atoms. The van der Waals surface area contributed by atoms with E-state index < -0.39 is 20.8 Å². The third kappa shape index (κ3) is 3.11. The molecule has 1 aliphatic rings. The van der Waals surface area contributed by atoms with E-state index >= 15 is 0 Å². The number of hydrogen-bond donors (Lipinski definition) is 2. The number of carbonyl (C=O) groups excluding carboxylic acids is 1. The van der Waals surface area contributed by atoms with Gasteiger partial charge in [0.05, 0.1) is 16.1 Å². The molecule has 7 nitrogen and oxygen atoms in total. The van der Waals surface area contributed by atoms with Crippen LogP contribution in [0.2, 0.25) is 0 Å². The number of amides is 1.